The molecule has 53 heavy (non-hydrogen) atoms. The van der Waals surface area contributed by atoms with Gasteiger partial charge in [-0.15, -0.1) is 0 Å². The Balaban J connectivity index is 1.38. The molecule has 0 unspecified atom stereocenters. The molecule has 0 saturated carbocycles. The minimum absolute atomic E-state index is 0.0458. The maximum atomic E-state index is 12.2. The molecule has 6 rings (SSSR count). The maximum Gasteiger partial charge on any atom is 0.518 e. The number of benzene rings is 3. The van der Waals surface area contributed by atoms with Crippen LogP contribution in [0.4, 0.5) is 0 Å². The summed E-state index contributed by atoms with van der Waals surface area (Å²) < 4.78 is 34.5. The highest BCUT2D eigenvalue weighted by atomic mass is 16.7. The minimum atomic E-state index is -2.03. The quantitative estimate of drug-likeness (QED) is 0.0600. The molecule has 2 fully saturated rings. The van der Waals surface area contributed by atoms with Crippen molar-refractivity contribution in [3.63, 3.8) is 0 Å². The molecule has 0 amide bonds. The molecule has 0 radical (unpaired) electrons. The zero-order valence-electron chi connectivity index (χ0n) is 27.3. The maximum absolute atomic E-state index is 12.2. The van der Waals surface area contributed by atoms with Gasteiger partial charge in [-0.25, -0.2) is 0 Å². The van der Waals surface area contributed by atoms with Gasteiger partial charge in [-0.2, -0.15) is 0 Å². The van der Waals surface area contributed by atoms with Crippen LogP contribution in [-0.4, -0.2) is 135 Å². The molecule has 10 atom stereocenters. The van der Waals surface area contributed by atoms with Crippen molar-refractivity contribution < 1.29 is 89.1 Å². The predicted octanol–water partition coefficient (Wildman–Crippen LogP) is -0.749. The second-order valence-electron chi connectivity index (χ2n) is 12.4. The summed E-state index contributed by atoms with van der Waals surface area (Å²) in [6.07, 6.45) is -16.7. The van der Waals surface area contributed by atoms with E-state index >= 15 is 0 Å². The van der Waals surface area contributed by atoms with E-state index in [0.29, 0.717) is 0 Å². The Hall–Kier alpha value is -5.38. The number of hydrogen-bond donors (Lipinski definition) is 11. The van der Waals surface area contributed by atoms with Gasteiger partial charge in [-0.3, -0.25) is 4.79 Å². The lowest BCUT2D eigenvalue weighted by Crippen LogP contribution is -2.62. The summed E-state index contributed by atoms with van der Waals surface area (Å²) in [7, 11) is 0. The lowest BCUT2D eigenvalue weighted by molar-refractivity contribution is -0.317. The highest BCUT2D eigenvalue weighted by molar-refractivity contribution is 5.92. The standard InChI is InChI=1S/C34H34O19/c1-11-24(41)27(44)29(46)33(49-11)48-10-23-26(43)28(45)31(53-32(47)13-5-19(39)25(42)20(40)6-13)34(52-23)51-22-9-15-17(37)7-14(35)8-21(15)50-30(22)12-2-3-16(36)18(38)4-12/h2-9,11,23-24,26-29,31,33-34,36-46H,10H2,1H3/p+1/t11-,23+,24-,26+,27-,28+,29+,31-,33+,34+/m0/s1. The third kappa shape index (κ3) is 7.32. The number of aliphatic hydroxyl groups is 5. The number of rotatable bonds is 8. The first-order valence-electron chi connectivity index (χ1n) is 15.8. The van der Waals surface area contributed by atoms with Crippen molar-refractivity contribution in [1.29, 1.82) is 0 Å². The second-order valence-corrected chi connectivity index (χ2v) is 12.4. The fourth-order valence-corrected chi connectivity index (χ4v) is 5.78. The van der Waals surface area contributed by atoms with Crippen LogP contribution in [0.3, 0.4) is 0 Å². The van der Waals surface area contributed by atoms with Crippen molar-refractivity contribution in [1.82, 2.24) is 0 Å². The third-order valence-electron chi connectivity index (χ3n) is 8.73. The number of esters is 1. The highest BCUT2D eigenvalue weighted by Crippen LogP contribution is 2.43. The monoisotopic (exact) mass is 747 g/mol. The Kier molecular flexibility index (Phi) is 10.3. The first kappa shape index (κ1) is 37.4. The Bertz CT molecular complexity index is 1990. The minimum Gasteiger partial charge on any atom is -0.507 e. The molecule has 3 aliphatic heterocycles. The van der Waals surface area contributed by atoms with Crippen molar-refractivity contribution in [3.8, 4) is 62.9 Å². The van der Waals surface area contributed by atoms with Gasteiger partial charge in [-0.05, 0) is 31.2 Å². The number of fused-ring (bicyclic) bond motifs is 1. The molecule has 0 bridgehead atoms. The van der Waals surface area contributed by atoms with Crippen molar-refractivity contribution in [3.05, 3.63) is 64.3 Å². The normalized spacial score (nSPS) is 28.8. The van der Waals surface area contributed by atoms with Crippen LogP contribution < -0.4 is 10.2 Å². The van der Waals surface area contributed by atoms with Crippen molar-refractivity contribution in [2.24, 2.45) is 0 Å². The van der Waals surface area contributed by atoms with Crippen LogP contribution in [0, 0.1) is 0 Å². The van der Waals surface area contributed by atoms with E-state index in [2.05, 4.69) is 0 Å². The van der Waals surface area contributed by atoms with Crippen LogP contribution in [-0.2, 0) is 18.9 Å². The van der Waals surface area contributed by atoms with Crippen LogP contribution in [0.5, 0.6) is 40.2 Å². The summed E-state index contributed by atoms with van der Waals surface area (Å²) in [5, 5.41) is 113. The zero-order valence-corrected chi connectivity index (χ0v) is 27.3. The van der Waals surface area contributed by atoms with E-state index in [1.165, 1.54) is 19.1 Å². The van der Waals surface area contributed by atoms with Gasteiger partial charge in [0, 0.05) is 29.8 Å². The Morgan fingerprint density at radius 2 is 1.43 bits per heavy atom. The average molecular weight is 748 g/mol. The van der Waals surface area contributed by atoms with Crippen molar-refractivity contribution >= 4 is 5.97 Å². The predicted molar refractivity (Wildman–Crippen MR) is 174 cm³/mol. The molecule has 0 spiro atoms. The second kappa shape index (κ2) is 14.6. The number of aliphatic hydroxyl groups excluding tert-OH is 5. The molecule has 2 saturated heterocycles. The van der Waals surface area contributed by atoms with Gasteiger partial charge in [0.05, 0.1) is 18.3 Å². The van der Waals surface area contributed by atoms with Gasteiger partial charge < -0.3 is 89.1 Å². The van der Waals surface area contributed by atoms with Gasteiger partial charge in [-0.1, -0.05) is 0 Å². The van der Waals surface area contributed by atoms with Gasteiger partial charge in [0.1, 0.15) is 47.6 Å². The molecule has 12 N–H and O–H groups in total. The summed E-state index contributed by atoms with van der Waals surface area (Å²) in [6.45, 7) is 0.745. The van der Waals surface area contributed by atoms with E-state index < -0.39 is 119 Å². The molecule has 284 valence electrons. The molecule has 3 heterocycles. The van der Waals surface area contributed by atoms with E-state index in [1.54, 1.807) is 0 Å². The molecular formula is C34H35O19+. The summed E-state index contributed by atoms with van der Waals surface area (Å²) >= 11 is 0. The van der Waals surface area contributed by atoms with Gasteiger partial charge in [0.15, 0.2) is 58.1 Å². The van der Waals surface area contributed by atoms with E-state index in [1.807, 2.05) is 0 Å². The molecular weight excluding hydrogens is 712 g/mol. The molecule has 4 aliphatic rings. The summed E-state index contributed by atoms with van der Waals surface area (Å²) in [5.74, 6) is -6.04. The number of phenols is 6. The van der Waals surface area contributed by atoms with Crippen LogP contribution in [0.1, 0.15) is 12.5 Å². The van der Waals surface area contributed by atoms with Crippen molar-refractivity contribution in [2.75, 3.05) is 6.61 Å². The Morgan fingerprint density at radius 3 is 2.11 bits per heavy atom. The molecule has 19 heteroatoms. The molecule has 19 nitrogen and oxygen atoms in total. The first-order valence-corrected chi connectivity index (χ1v) is 15.8. The average Bonchev–Trinajstić information content (AvgIpc) is 3.11. The molecule has 0 aromatic heterocycles. The third-order valence-corrected chi connectivity index (χ3v) is 8.73. The smallest absolute Gasteiger partial charge is 0.507 e. The van der Waals surface area contributed by atoms with E-state index in [-0.39, 0.29) is 28.4 Å². The Labute approximate surface area is 297 Å². The number of hydrogen-bond acceptors (Lipinski definition) is 18. The topological polar surface area (TPSA) is 320 Å². The number of phenolic OH excluding ortho intramolecular Hbond substituents is 6. The van der Waals surface area contributed by atoms with Crippen LogP contribution in [0.15, 0.2) is 57.7 Å². The number of carbonyl (C=O) groups excluding carboxylic acids is 1. The number of aromatic hydroxyl groups is 6. The van der Waals surface area contributed by atoms with Gasteiger partial charge in [0.25, 0.3) is 12.4 Å². The zero-order chi connectivity index (χ0) is 38.5. The Morgan fingerprint density at radius 1 is 0.736 bits per heavy atom. The molecule has 2 aromatic carbocycles. The lowest BCUT2D eigenvalue weighted by atomic mass is 9.98. The largest absolute Gasteiger partial charge is 0.518 e. The fraction of sp³-hybridized carbons (Fsp3) is 0.353. The lowest BCUT2D eigenvalue weighted by Gasteiger charge is -2.41. The van der Waals surface area contributed by atoms with Crippen molar-refractivity contribution in [2.45, 2.75) is 68.3 Å². The van der Waals surface area contributed by atoms with E-state index in [9.17, 15) is 65.8 Å². The van der Waals surface area contributed by atoms with Crippen LogP contribution in [0.2, 0.25) is 0 Å². The van der Waals surface area contributed by atoms with Crippen LogP contribution in [0.25, 0.3) is 22.6 Å². The summed E-state index contributed by atoms with van der Waals surface area (Å²) in [6, 6.07) is 8.21. The number of ether oxygens (including phenoxy) is 5. The first-order chi connectivity index (χ1) is 25.0. The molecule has 2 aromatic rings. The van der Waals surface area contributed by atoms with Crippen LogP contribution >= 0.6 is 0 Å². The summed E-state index contributed by atoms with van der Waals surface area (Å²) in [5.41, 5.74) is -1.06. The van der Waals surface area contributed by atoms with Gasteiger partial charge in [0.2, 0.25) is 0 Å². The van der Waals surface area contributed by atoms with E-state index in [0.717, 1.165) is 36.4 Å². The van der Waals surface area contributed by atoms with E-state index in [4.69, 9.17) is 28.1 Å². The van der Waals surface area contributed by atoms with Gasteiger partial charge >= 0.3 is 5.97 Å². The SMILES string of the molecule is C[C@@H]1O[C@@H](OC[C@H]2O[C@@H](Oc3cc4c(O)cc(=O)cc-4oc3-c3ccc(O)c(O)c3)[C@@H](OC(=[OH+])c3cc(O)c(O)c(O)c3)[C@H](O)[C@@H]2O)[C@H](O)[C@@H](O)[C@H]1O. The molecule has 1 aliphatic carbocycles. The highest BCUT2D eigenvalue weighted by Gasteiger charge is 2.53. The summed E-state index contributed by atoms with van der Waals surface area (Å²) in [4.78, 5) is 23.1. The fourth-order valence-electron chi connectivity index (χ4n) is 5.78.